The van der Waals surface area contributed by atoms with E-state index < -0.39 is 11.7 Å². The number of rotatable bonds is 1. The summed E-state index contributed by atoms with van der Waals surface area (Å²) in [5, 5.41) is 0. The van der Waals surface area contributed by atoms with Crippen LogP contribution in [0.25, 0.3) is 0 Å². The second-order valence-corrected chi connectivity index (χ2v) is 3.08. The Kier molecular flexibility index (Phi) is 1.26. The first kappa shape index (κ1) is 6.80. The molecule has 11 heavy (non-hydrogen) atoms. The third kappa shape index (κ3) is 0.942. The van der Waals surface area contributed by atoms with E-state index in [1.165, 1.54) is 0 Å². The Morgan fingerprint density at radius 2 is 1.91 bits per heavy atom. The number of hydrogen-bond acceptors (Lipinski definition) is 1. The van der Waals surface area contributed by atoms with Crippen molar-refractivity contribution in [3.05, 3.63) is 35.9 Å². The first-order valence-electron chi connectivity index (χ1n) is 3.72. The summed E-state index contributed by atoms with van der Waals surface area (Å²) in [7, 11) is 0. The molecule has 0 aliphatic heterocycles. The van der Waals surface area contributed by atoms with Crippen molar-refractivity contribution < 1.29 is 4.39 Å². The van der Waals surface area contributed by atoms with Gasteiger partial charge >= 0.3 is 0 Å². The zero-order chi connectivity index (χ0) is 7.90. The minimum Gasteiger partial charge on any atom is -0.319 e. The first-order valence-corrected chi connectivity index (χ1v) is 3.72. The number of alkyl halides is 1. The van der Waals surface area contributed by atoms with Crippen molar-refractivity contribution in [2.45, 2.75) is 18.1 Å². The molecule has 0 saturated heterocycles. The van der Waals surface area contributed by atoms with Gasteiger partial charge in [-0.25, -0.2) is 4.39 Å². The van der Waals surface area contributed by atoms with Gasteiger partial charge < -0.3 is 5.73 Å². The van der Waals surface area contributed by atoms with Crippen LogP contribution in [-0.2, 0) is 5.54 Å². The number of halogens is 1. The van der Waals surface area contributed by atoms with Gasteiger partial charge in [0.05, 0.1) is 5.54 Å². The van der Waals surface area contributed by atoms with Gasteiger partial charge in [0.25, 0.3) is 0 Å². The van der Waals surface area contributed by atoms with Gasteiger partial charge in [-0.3, -0.25) is 0 Å². The van der Waals surface area contributed by atoms with Crippen LogP contribution in [-0.4, -0.2) is 6.17 Å². The zero-order valence-corrected chi connectivity index (χ0v) is 6.13. The van der Waals surface area contributed by atoms with E-state index in [4.69, 9.17) is 5.73 Å². The van der Waals surface area contributed by atoms with Crippen molar-refractivity contribution in [2.75, 3.05) is 0 Å². The lowest BCUT2D eigenvalue weighted by Gasteiger charge is -2.07. The van der Waals surface area contributed by atoms with E-state index in [1.807, 2.05) is 30.3 Å². The van der Waals surface area contributed by atoms with Gasteiger partial charge in [0.1, 0.15) is 6.17 Å². The molecule has 2 heteroatoms. The molecule has 1 aromatic carbocycles. The van der Waals surface area contributed by atoms with Crippen LogP contribution in [0.5, 0.6) is 0 Å². The summed E-state index contributed by atoms with van der Waals surface area (Å²) in [6.07, 6.45) is -0.373. The summed E-state index contributed by atoms with van der Waals surface area (Å²) >= 11 is 0. The second kappa shape index (κ2) is 2.05. The highest BCUT2D eigenvalue weighted by Gasteiger charge is 2.53. The zero-order valence-electron chi connectivity index (χ0n) is 6.13. The van der Waals surface area contributed by atoms with E-state index >= 15 is 0 Å². The van der Waals surface area contributed by atoms with Gasteiger partial charge in [-0.15, -0.1) is 0 Å². The summed E-state index contributed by atoms with van der Waals surface area (Å²) in [6, 6.07) is 9.42. The summed E-state index contributed by atoms with van der Waals surface area (Å²) in [5.41, 5.74) is 5.98. The highest BCUT2D eigenvalue weighted by Crippen LogP contribution is 2.45. The number of nitrogens with two attached hydrogens (primary N) is 1. The Labute approximate surface area is 65.0 Å². The van der Waals surface area contributed by atoms with E-state index in [0.29, 0.717) is 6.42 Å². The average Bonchev–Trinajstić information content (AvgIpc) is 2.64. The highest BCUT2D eigenvalue weighted by atomic mass is 19.1. The third-order valence-corrected chi connectivity index (χ3v) is 2.23. The Hall–Kier alpha value is -0.890. The SMILES string of the molecule is N[C@]1(c2ccccc2)C[C@@H]1F. The van der Waals surface area contributed by atoms with Crippen LogP contribution in [0.3, 0.4) is 0 Å². The first-order chi connectivity index (χ1) is 5.23. The van der Waals surface area contributed by atoms with Gasteiger partial charge in [-0.2, -0.15) is 0 Å². The average molecular weight is 151 g/mol. The number of benzene rings is 1. The van der Waals surface area contributed by atoms with Gasteiger partial charge in [0.15, 0.2) is 0 Å². The fourth-order valence-corrected chi connectivity index (χ4v) is 1.28. The van der Waals surface area contributed by atoms with Crippen molar-refractivity contribution >= 4 is 0 Å². The van der Waals surface area contributed by atoms with Crippen LogP contribution in [0.4, 0.5) is 4.39 Å². The second-order valence-electron chi connectivity index (χ2n) is 3.08. The maximum Gasteiger partial charge on any atom is 0.124 e. The van der Waals surface area contributed by atoms with Crippen molar-refractivity contribution in [1.29, 1.82) is 0 Å². The molecule has 1 aliphatic carbocycles. The molecule has 58 valence electrons. The third-order valence-electron chi connectivity index (χ3n) is 2.23. The standard InChI is InChI=1S/C9H10FN/c10-8-6-9(8,11)7-4-2-1-3-5-7/h1-5,8H,6,11H2/t8-,9-/m0/s1. The minimum absolute atomic E-state index is 0.469. The molecule has 0 amide bonds. The van der Waals surface area contributed by atoms with E-state index in [0.717, 1.165) is 5.56 Å². The molecule has 1 aromatic rings. The normalized spacial score (nSPS) is 35.3. The lowest BCUT2D eigenvalue weighted by molar-refractivity contribution is 0.425. The molecule has 0 aromatic heterocycles. The molecule has 1 aliphatic rings. The molecule has 0 unspecified atom stereocenters. The van der Waals surface area contributed by atoms with Gasteiger partial charge in [-0.1, -0.05) is 30.3 Å². The van der Waals surface area contributed by atoms with Gasteiger partial charge in [0.2, 0.25) is 0 Å². The van der Waals surface area contributed by atoms with Gasteiger partial charge in [0, 0.05) is 6.42 Å². The van der Waals surface area contributed by atoms with Crippen LogP contribution in [0.2, 0.25) is 0 Å². The molecular weight excluding hydrogens is 141 g/mol. The fourth-order valence-electron chi connectivity index (χ4n) is 1.28. The molecule has 1 fully saturated rings. The Morgan fingerprint density at radius 1 is 1.36 bits per heavy atom. The number of hydrogen-bond donors (Lipinski definition) is 1. The lowest BCUT2D eigenvalue weighted by Crippen LogP contribution is -2.22. The Balaban J connectivity index is 2.32. The Morgan fingerprint density at radius 3 is 2.36 bits per heavy atom. The van der Waals surface area contributed by atoms with Crippen molar-refractivity contribution in [2.24, 2.45) is 5.73 Å². The van der Waals surface area contributed by atoms with E-state index in [1.54, 1.807) is 0 Å². The largest absolute Gasteiger partial charge is 0.319 e. The topological polar surface area (TPSA) is 26.0 Å². The summed E-state index contributed by atoms with van der Waals surface area (Å²) < 4.78 is 12.7. The molecule has 0 spiro atoms. The van der Waals surface area contributed by atoms with Crippen LogP contribution in [0, 0.1) is 0 Å². The summed E-state index contributed by atoms with van der Waals surface area (Å²) in [4.78, 5) is 0. The summed E-state index contributed by atoms with van der Waals surface area (Å²) in [5.74, 6) is 0. The molecule has 0 bridgehead atoms. The van der Waals surface area contributed by atoms with Gasteiger partial charge in [-0.05, 0) is 5.56 Å². The lowest BCUT2D eigenvalue weighted by atomic mass is 10.1. The van der Waals surface area contributed by atoms with Crippen molar-refractivity contribution in [3.8, 4) is 0 Å². The maximum absolute atomic E-state index is 12.7. The predicted octanol–water partition coefficient (Wildman–Crippen LogP) is 1.58. The van der Waals surface area contributed by atoms with Crippen LogP contribution >= 0.6 is 0 Å². The van der Waals surface area contributed by atoms with E-state index in [-0.39, 0.29) is 0 Å². The summed E-state index contributed by atoms with van der Waals surface area (Å²) in [6.45, 7) is 0. The van der Waals surface area contributed by atoms with E-state index in [9.17, 15) is 4.39 Å². The maximum atomic E-state index is 12.7. The molecule has 0 radical (unpaired) electrons. The van der Waals surface area contributed by atoms with Crippen LogP contribution in [0.15, 0.2) is 30.3 Å². The predicted molar refractivity (Wildman–Crippen MR) is 41.8 cm³/mol. The van der Waals surface area contributed by atoms with Crippen molar-refractivity contribution in [1.82, 2.24) is 0 Å². The van der Waals surface area contributed by atoms with Crippen LogP contribution in [0.1, 0.15) is 12.0 Å². The minimum atomic E-state index is -0.843. The molecule has 1 saturated carbocycles. The molecule has 1 nitrogen and oxygen atoms in total. The van der Waals surface area contributed by atoms with E-state index in [2.05, 4.69) is 0 Å². The fraction of sp³-hybridized carbons (Fsp3) is 0.333. The molecule has 2 rings (SSSR count). The monoisotopic (exact) mass is 151 g/mol. The smallest absolute Gasteiger partial charge is 0.124 e. The molecular formula is C9H10FN. The Bertz CT molecular complexity index is 260. The highest BCUT2D eigenvalue weighted by molar-refractivity contribution is 5.32. The molecule has 0 heterocycles. The quantitative estimate of drug-likeness (QED) is 0.648. The van der Waals surface area contributed by atoms with Crippen LogP contribution < -0.4 is 5.73 Å². The molecule has 2 atom stereocenters. The van der Waals surface area contributed by atoms with Crippen molar-refractivity contribution in [3.63, 3.8) is 0 Å². The molecule has 2 N–H and O–H groups in total.